The Hall–Kier alpha value is -1.06. The number of ether oxygens (including phenoxy) is 1. The Morgan fingerprint density at radius 1 is 1.16 bits per heavy atom. The zero-order valence-corrected chi connectivity index (χ0v) is 12.4. The van der Waals surface area contributed by atoms with Crippen molar-refractivity contribution in [3.05, 3.63) is 0 Å². The molecule has 4 nitrogen and oxygen atoms in total. The maximum absolute atomic E-state index is 11.8. The van der Waals surface area contributed by atoms with E-state index in [0.29, 0.717) is 24.9 Å². The standard InChI is InChI=1S/C15H27NO3/c1-11(2)10-19-15(18)12(3)16-14(17)9-13-7-5-4-6-8-13/h11-13H,4-10H2,1-3H3,(H,16,17)/t12-/m0/s1. The summed E-state index contributed by atoms with van der Waals surface area (Å²) in [6.07, 6.45) is 6.56. The molecule has 0 heterocycles. The van der Waals surface area contributed by atoms with E-state index in [1.807, 2.05) is 13.8 Å². The first-order valence-corrected chi connectivity index (χ1v) is 7.45. The van der Waals surface area contributed by atoms with Crippen molar-refractivity contribution in [1.82, 2.24) is 5.32 Å². The molecule has 1 aliphatic carbocycles. The van der Waals surface area contributed by atoms with E-state index in [1.165, 1.54) is 19.3 Å². The van der Waals surface area contributed by atoms with Crippen LogP contribution in [0.1, 0.15) is 59.3 Å². The van der Waals surface area contributed by atoms with Gasteiger partial charge >= 0.3 is 5.97 Å². The Balaban J connectivity index is 2.24. The Morgan fingerprint density at radius 3 is 2.37 bits per heavy atom. The normalized spacial score (nSPS) is 18.1. The van der Waals surface area contributed by atoms with Gasteiger partial charge in [-0.2, -0.15) is 0 Å². The van der Waals surface area contributed by atoms with Crippen LogP contribution in [-0.4, -0.2) is 24.5 Å². The fourth-order valence-corrected chi connectivity index (χ4v) is 2.39. The molecule has 1 aliphatic rings. The Labute approximate surface area is 116 Å². The summed E-state index contributed by atoms with van der Waals surface area (Å²) in [6.45, 7) is 6.06. The summed E-state index contributed by atoms with van der Waals surface area (Å²) in [5.74, 6) is 0.438. The van der Waals surface area contributed by atoms with Crippen LogP contribution < -0.4 is 5.32 Å². The molecule has 1 N–H and O–H groups in total. The average molecular weight is 269 g/mol. The van der Waals surface area contributed by atoms with Crippen molar-refractivity contribution in [2.45, 2.75) is 65.3 Å². The van der Waals surface area contributed by atoms with Gasteiger partial charge in [-0.05, 0) is 31.6 Å². The summed E-state index contributed by atoms with van der Waals surface area (Å²) in [7, 11) is 0. The van der Waals surface area contributed by atoms with Gasteiger partial charge in [-0.1, -0.05) is 33.1 Å². The molecule has 4 heteroatoms. The molecule has 0 bridgehead atoms. The highest BCUT2D eigenvalue weighted by molar-refractivity contribution is 5.84. The number of carbonyl (C=O) groups is 2. The van der Waals surface area contributed by atoms with Crippen LogP contribution in [0.25, 0.3) is 0 Å². The van der Waals surface area contributed by atoms with E-state index in [2.05, 4.69) is 5.32 Å². The molecule has 0 unspecified atom stereocenters. The van der Waals surface area contributed by atoms with Gasteiger partial charge in [0.1, 0.15) is 6.04 Å². The number of carbonyl (C=O) groups excluding carboxylic acids is 2. The second kappa shape index (κ2) is 8.18. The van der Waals surface area contributed by atoms with Crippen LogP contribution in [0.5, 0.6) is 0 Å². The van der Waals surface area contributed by atoms with Crippen molar-refractivity contribution in [3.63, 3.8) is 0 Å². The van der Waals surface area contributed by atoms with Crippen LogP contribution in [0, 0.1) is 11.8 Å². The molecule has 110 valence electrons. The lowest BCUT2D eigenvalue weighted by molar-refractivity contribution is -0.148. The van der Waals surface area contributed by atoms with Gasteiger partial charge < -0.3 is 10.1 Å². The number of hydrogen-bond acceptors (Lipinski definition) is 3. The summed E-state index contributed by atoms with van der Waals surface area (Å²) in [6, 6.07) is -0.546. The number of esters is 1. The second-order valence-corrected chi connectivity index (χ2v) is 6.02. The van der Waals surface area contributed by atoms with Crippen LogP contribution in [0.4, 0.5) is 0 Å². The van der Waals surface area contributed by atoms with Crippen LogP contribution in [0.3, 0.4) is 0 Å². The van der Waals surface area contributed by atoms with Crippen LogP contribution >= 0.6 is 0 Å². The minimum atomic E-state index is -0.546. The Bertz CT molecular complexity index is 296. The first-order chi connectivity index (χ1) is 8.99. The Morgan fingerprint density at radius 2 is 1.79 bits per heavy atom. The lowest BCUT2D eigenvalue weighted by Crippen LogP contribution is -2.40. The molecule has 0 aliphatic heterocycles. The molecule has 0 saturated heterocycles. The molecule has 0 radical (unpaired) electrons. The minimum Gasteiger partial charge on any atom is -0.464 e. The third-order valence-electron chi connectivity index (χ3n) is 3.49. The lowest BCUT2D eigenvalue weighted by Gasteiger charge is -2.22. The third-order valence-corrected chi connectivity index (χ3v) is 3.49. The summed E-state index contributed by atoms with van der Waals surface area (Å²) in [4.78, 5) is 23.5. The predicted octanol–water partition coefficient (Wildman–Crippen LogP) is 2.66. The molecular formula is C15H27NO3. The van der Waals surface area contributed by atoms with E-state index in [0.717, 1.165) is 12.8 Å². The smallest absolute Gasteiger partial charge is 0.328 e. The number of hydrogen-bond donors (Lipinski definition) is 1. The second-order valence-electron chi connectivity index (χ2n) is 6.02. The molecule has 0 aromatic rings. The van der Waals surface area contributed by atoms with E-state index in [-0.39, 0.29) is 11.9 Å². The predicted molar refractivity (Wildman–Crippen MR) is 74.6 cm³/mol. The fourth-order valence-electron chi connectivity index (χ4n) is 2.39. The van der Waals surface area contributed by atoms with E-state index in [9.17, 15) is 9.59 Å². The van der Waals surface area contributed by atoms with E-state index in [1.54, 1.807) is 6.92 Å². The van der Waals surface area contributed by atoms with Crippen LogP contribution in [0.2, 0.25) is 0 Å². The number of nitrogens with one attached hydrogen (secondary N) is 1. The monoisotopic (exact) mass is 269 g/mol. The van der Waals surface area contributed by atoms with Crippen molar-refractivity contribution in [2.75, 3.05) is 6.61 Å². The Kier molecular flexibility index (Phi) is 6.89. The van der Waals surface area contributed by atoms with Crippen molar-refractivity contribution in [2.24, 2.45) is 11.8 Å². The SMILES string of the molecule is CC(C)COC(=O)[C@H](C)NC(=O)CC1CCCCC1. The van der Waals surface area contributed by atoms with Gasteiger partial charge in [0.05, 0.1) is 6.61 Å². The van der Waals surface area contributed by atoms with Crippen molar-refractivity contribution in [1.29, 1.82) is 0 Å². The first kappa shape index (κ1) is 16.0. The van der Waals surface area contributed by atoms with Gasteiger partial charge in [0.15, 0.2) is 0 Å². The molecule has 1 saturated carbocycles. The van der Waals surface area contributed by atoms with Gasteiger partial charge in [0.2, 0.25) is 5.91 Å². The molecule has 0 spiro atoms. The molecule has 0 aromatic heterocycles. The summed E-state index contributed by atoms with van der Waals surface area (Å²) < 4.78 is 5.10. The van der Waals surface area contributed by atoms with Gasteiger partial charge in [0, 0.05) is 6.42 Å². The number of rotatable bonds is 6. The summed E-state index contributed by atoms with van der Waals surface area (Å²) in [5, 5.41) is 2.74. The van der Waals surface area contributed by atoms with Gasteiger partial charge in [-0.15, -0.1) is 0 Å². The van der Waals surface area contributed by atoms with Crippen LogP contribution in [0.15, 0.2) is 0 Å². The van der Waals surface area contributed by atoms with Crippen molar-refractivity contribution >= 4 is 11.9 Å². The third kappa shape index (κ3) is 6.60. The molecule has 1 atom stereocenters. The van der Waals surface area contributed by atoms with E-state index < -0.39 is 6.04 Å². The van der Waals surface area contributed by atoms with Gasteiger partial charge in [-0.25, -0.2) is 4.79 Å². The van der Waals surface area contributed by atoms with Gasteiger partial charge in [0.25, 0.3) is 0 Å². The minimum absolute atomic E-state index is 0.0269. The first-order valence-electron chi connectivity index (χ1n) is 7.45. The summed E-state index contributed by atoms with van der Waals surface area (Å²) >= 11 is 0. The zero-order chi connectivity index (χ0) is 14.3. The molecule has 1 fully saturated rings. The van der Waals surface area contributed by atoms with Crippen LogP contribution in [-0.2, 0) is 14.3 Å². The maximum atomic E-state index is 11.8. The van der Waals surface area contributed by atoms with Gasteiger partial charge in [-0.3, -0.25) is 4.79 Å². The molecule has 1 rings (SSSR count). The zero-order valence-electron chi connectivity index (χ0n) is 12.4. The quantitative estimate of drug-likeness (QED) is 0.754. The highest BCUT2D eigenvalue weighted by Gasteiger charge is 2.21. The highest BCUT2D eigenvalue weighted by Crippen LogP contribution is 2.26. The molecular weight excluding hydrogens is 242 g/mol. The topological polar surface area (TPSA) is 55.4 Å². The molecule has 19 heavy (non-hydrogen) atoms. The highest BCUT2D eigenvalue weighted by atomic mass is 16.5. The largest absolute Gasteiger partial charge is 0.464 e. The fraction of sp³-hybridized carbons (Fsp3) is 0.867. The van der Waals surface area contributed by atoms with E-state index in [4.69, 9.17) is 4.74 Å². The average Bonchev–Trinajstić information content (AvgIpc) is 2.36. The van der Waals surface area contributed by atoms with Crippen molar-refractivity contribution < 1.29 is 14.3 Å². The number of amides is 1. The maximum Gasteiger partial charge on any atom is 0.328 e. The van der Waals surface area contributed by atoms with E-state index >= 15 is 0 Å². The molecule has 0 aromatic carbocycles. The van der Waals surface area contributed by atoms with Crippen molar-refractivity contribution in [3.8, 4) is 0 Å². The molecule has 1 amide bonds. The summed E-state index contributed by atoms with van der Waals surface area (Å²) in [5.41, 5.74) is 0. The lowest BCUT2D eigenvalue weighted by atomic mass is 9.87.